The molecule has 0 radical (unpaired) electrons. The Morgan fingerprint density at radius 3 is 2.80 bits per heavy atom. The van der Waals surface area contributed by atoms with E-state index in [0.717, 1.165) is 16.0 Å². The summed E-state index contributed by atoms with van der Waals surface area (Å²) < 4.78 is 0. The first kappa shape index (κ1) is 13.1. The Kier molecular flexibility index (Phi) is 3.46. The van der Waals surface area contributed by atoms with Crippen LogP contribution in [0.3, 0.4) is 0 Å². The van der Waals surface area contributed by atoms with E-state index in [4.69, 9.17) is 23.2 Å². The third-order valence-electron chi connectivity index (χ3n) is 2.99. The van der Waals surface area contributed by atoms with Crippen LogP contribution in [0, 0.1) is 0 Å². The molecule has 0 atom stereocenters. The van der Waals surface area contributed by atoms with E-state index in [0.29, 0.717) is 18.0 Å². The van der Waals surface area contributed by atoms with Gasteiger partial charge in [-0.3, -0.25) is 5.10 Å². The molecule has 2 heterocycles. The van der Waals surface area contributed by atoms with Gasteiger partial charge in [0.2, 0.25) is 5.28 Å². The van der Waals surface area contributed by atoms with Crippen molar-refractivity contribution in [3.05, 3.63) is 46.3 Å². The molecule has 0 saturated carbocycles. The molecule has 3 aromatic rings. The molecule has 0 unspecified atom stereocenters. The van der Waals surface area contributed by atoms with Crippen LogP contribution in [0.25, 0.3) is 11.0 Å². The van der Waals surface area contributed by atoms with Crippen molar-refractivity contribution in [1.29, 1.82) is 0 Å². The first-order valence-corrected chi connectivity index (χ1v) is 6.72. The summed E-state index contributed by atoms with van der Waals surface area (Å²) in [7, 11) is 1.93. The summed E-state index contributed by atoms with van der Waals surface area (Å²) in [5.74, 6) is 0.716. The van der Waals surface area contributed by atoms with Gasteiger partial charge in [-0.1, -0.05) is 29.8 Å². The summed E-state index contributed by atoms with van der Waals surface area (Å²) >= 11 is 12.1. The highest BCUT2D eigenvalue weighted by Gasteiger charge is 2.13. The monoisotopic (exact) mass is 307 g/mol. The third kappa shape index (κ3) is 2.42. The Hall–Kier alpha value is -1.85. The van der Waals surface area contributed by atoms with Gasteiger partial charge in [0, 0.05) is 18.6 Å². The highest BCUT2D eigenvalue weighted by Crippen LogP contribution is 2.25. The van der Waals surface area contributed by atoms with Gasteiger partial charge in [0.25, 0.3) is 0 Å². The number of H-pyrrole nitrogens is 1. The zero-order valence-electron chi connectivity index (χ0n) is 10.6. The Labute approximate surface area is 125 Å². The van der Waals surface area contributed by atoms with Gasteiger partial charge in [0.15, 0.2) is 5.65 Å². The van der Waals surface area contributed by atoms with Crippen LogP contribution in [0.4, 0.5) is 5.82 Å². The summed E-state index contributed by atoms with van der Waals surface area (Å²) in [6.07, 6.45) is 1.68. The van der Waals surface area contributed by atoms with Gasteiger partial charge in [-0.05, 0) is 23.2 Å². The maximum atomic E-state index is 6.18. The van der Waals surface area contributed by atoms with Crippen LogP contribution in [0.15, 0.2) is 30.5 Å². The van der Waals surface area contributed by atoms with Crippen molar-refractivity contribution in [3.8, 4) is 0 Å². The summed E-state index contributed by atoms with van der Waals surface area (Å²) in [4.78, 5) is 10.3. The van der Waals surface area contributed by atoms with Crippen molar-refractivity contribution in [3.63, 3.8) is 0 Å². The predicted octanol–water partition coefficient (Wildman–Crippen LogP) is 3.30. The van der Waals surface area contributed by atoms with E-state index in [1.165, 1.54) is 0 Å². The lowest BCUT2D eigenvalue weighted by Crippen LogP contribution is -2.18. The summed E-state index contributed by atoms with van der Waals surface area (Å²) in [5, 5.41) is 8.49. The van der Waals surface area contributed by atoms with Crippen LogP contribution in [-0.4, -0.2) is 27.2 Å². The number of halogens is 2. The molecule has 0 aliphatic heterocycles. The highest BCUT2D eigenvalue weighted by molar-refractivity contribution is 6.31. The average Bonchev–Trinajstić information content (AvgIpc) is 2.88. The number of benzene rings is 1. The maximum absolute atomic E-state index is 6.18. The van der Waals surface area contributed by atoms with E-state index in [2.05, 4.69) is 20.2 Å². The first-order valence-electron chi connectivity index (χ1n) is 5.96. The van der Waals surface area contributed by atoms with Crippen molar-refractivity contribution in [2.75, 3.05) is 11.9 Å². The highest BCUT2D eigenvalue weighted by atomic mass is 35.5. The molecule has 0 bridgehead atoms. The van der Waals surface area contributed by atoms with Gasteiger partial charge in [-0.2, -0.15) is 15.1 Å². The minimum Gasteiger partial charge on any atom is -0.355 e. The molecule has 3 rings (SSSR count). The topological polar surface area (TPSA) is 57.7 Å². The Balaban J connectivity index is 1.98. The lowest BCUT2D eigenvalue weighted by Gasteiger charge is -2.19. The largest absolute Gasteiger partial charge is 0.355 e. The van der Waals surface area contributed by atoms with Crippen molar-refractivity contribution in [2.24, 2.45) is 0 Å². The molecular weight excluding hydrogens is 297 g/mol. The Morgan fingerprint density at radius 1 is 1.20 bits per heavy atom. The fourth-order valence-electron chi connectivity index (χ4n) is 2.04. The minimum atomic E-state index is 0.183. The van der Waals surface area contributed by atoms with Crippen molar-refractivity contribution in [2.45, 2.75) is 6.54 Å². The van der Waals surface area contributed by atoms with Gasteiger partial charge < -0.3 is 4.90 Å². The Bertz CT molecular complexity index is 755. The molecule has 20 heavy (non-hydrogen) atoms. The number of nitrogens with one attached hydrogen (secondary N) is 1. The van der Waals surface area contributed by atoms with Crippen molar-refractivity contribution in [1.82, 2.24) is 20.2 Å². The van der Waals surface area contributed by atoms with Crippen LogP contribution in [0.5, 0.6) is 0 Å². The fraction of sp³-hybridized carbons (Fsp3) is 0.154. The van der Waals surface area contributed by atoms with E-state index in [1.807, 2.05) is 36.2 Å². The zero-order chi connectivity index (χ0) is 14.1. The van der Waals surface area contributed by atoms with Gasteiger partial charge >= 0.3 is 0 Å². The quantitative estimate of drug-likeness (QED) is 0.754. The summed E-state index contributed by atoms with van der Waals surface area (Å²) in [6, 6.07) is 7.70. The van der Waals surface area contributed by atoms with Gasteiger partial charge in [-0.15, -0.1) is 0 Å². The number of rotatable bonds is 3. The maximum Gasteiger partial charge on any atom is 0.226 e. The second kappa shape index (κ2) is 5.26. The number of aromatic amines is 1. The molecule has 1 N–H and O–H groups in total. The number of anilines is 1. The molecule has 102 valence electrons. The average molecular weight is 308 g/mol. The van der Waals surface area contributed by atoms with E-state index in [9.17, 15) is 0 Å². The predicted molar refractivity (Wildman–Crippen MR) is 80.3 cm³/mol. The van der Waals surface area contributed by atoms with Gasteiger partial charge in [0.1, 0.15) is 5.82 Å². The molecule has 0 amide bonds. The minimum absolute atomic E-state index is 0.183. The number of hydrogen-bond donors (Lipinski definition) is 1. The van der Waals surface area contributed by atoms with Crippen molar-refractivity contribution < 1.29 is 0 Å². The van der Waals surface area contributed by atoms with Crippen LogP contribution in [-0.2, 0) is 6.54 Å². The van der Waals surface area contributed by atoms with E-state index in [-0.39, 0.29) is 5.28 Å². The molecule has 0 fully saturated rings. The van der Waals surface area contributed by atoms with Gasteiger partial charge in [-0.25, -0.2) is 0 Å². The SMILES string of the molecule is CN(Cc1ccccc1Cl)c1nc(Cl)nc2[nH]ncc12. The second-order valence-electron chi connectivity index (χ2n) is 4.40. The van der Waals surface area contributed by atoms with Gasteiger partial charge in [0.05, 0.1) is 11.6 Å². The number of aromatic nitrogens is 4. The lowest BCUT2D eigenvalue weighted by molar-refractivity contribution is 0.900. The number of nitrogens with zero attached hydrogens (tertiary/aromatic N) is 4. The molecule has 0 spiro atoms. The van der Waals surface area contributed by atoms with E-state index in [1.54, 1.807) is 6.20 Å². The standard InChI is InChI=1S/C13H11Cl2N5/c1-20(7-8-4-2-3-5-10(8)14)12-9-6-16-19-11(9)17-13(15)18-12/h2-6H,7H2,1H3,(H,16,17,18,19). The van der Waals surface area contributed by atoms with Crippen LogP contribution >= 0.6 is 23.2 Å². The van der Waals surface area contributed by atoms with E-state index >= 15 is 0 Å². The molecule has 7 heteroatoms. The summed E-state index contributed by atoms with van der Waals surface area (Å²) in [6.45, 7) is 0.618. The summed E-state index contributed by atoms with van der Waals surface area (Å²) in [5.41, 5.74) is 1.63. The smallest absolute Gasteiger partial charge is 0.226 e. The lowest BCUT2D eigenvalue weighted by atomic mass is 10.2. The van der Waals surface area contributed by atoms with Crippen LogP contribution < -0.4 is 4.90 Å². The molecule has 0 saturated heterocycles. The molecule has 5 nitrogen and oxygen atoms in total. The van der Waals surface area contributed by atoms with Crippen LogP contribution in [0.1, 0.15) is 5.56 Å². The molecule has 2 aromatic heterocycles. The molecule has 0 aliphatic carbocycles. The zero-order valence-corrected chi connectivity index (χ0v) is 12.2. The fourth-order valence-corrected chi connectivity index (χ4v) is 2.40. The van der Waals surface area contributed by atoms with Crippen molar-refractivity contribution >= 4 is 40.1 Å². The Morgan fingerprint density at radius 2 is 2.00 bits per heavy atom. The first-order chi connectivity index (χ1) is 9.65. The number of fused-ring (bicyclic) bond motifs is 1. The number of hydrogen-bond acceptors (Lipinski definition) is 4. The normalized spacial score (nSPS) is 10.9. The molecule has 1 aromatic carbocycles. The van der Waals surface area contributed by atoms with Crippen LogP contribution in [0.2, 0.25) is 10.3 Å². The van der Waals surface area contributed by atoms with E-state index < -0.39 is 0 Å². The molecular formula is C13H11Cl2N5. The molecule has 0 aliphatic rings. The third-order valence-corrected chi connectivity index (χ3v) is 3.53. The second-order valence-corrected chi connectivity index (χ2v) is 5.14.